The molecule has 1 heterocycles. The molecule has 3 rings (SSSR count). The van der Waals surface area contributed by atoms with E-state index >= 15 is 0 Å². The van der Waals surface area contributed by atoms with Gasteiger partial charge < -0.3 is 15.4 Å². The molecule has 0 unspecified atom stereocenters. The highest BCUT2D eigenvalue weighted by Gasteiger charge is 2.15. The summed E-state index contributed by atoms with van der Waals surface area (Å²) in [5, 5.41) is 12.1. The summed E-state index contributed by atoms with van der Waals surface area (Å²) >= 11 is 0. The van der Waals surface area contributed by atoms with Crippen molar-refractivity contribution in [1.29, 1.82) is 0 Å². The van der Waals surface area contributed by atoms with Gasteiger partial charge in [0, 0.05) is 29.6 Å². The van der Waals surface area contributed by atoms with Gasteiger partial charge in [-0.15, -0.1) is 0 Å². The molecule has 4 nitrogen and oxygen atoms in total. The van der Waals surface area contributed by atoms with E-state index in [2.05, 4.69) is 10.3 Å². The third-order valence-electron chi connectivity index (χ3n) is 4.04. The molecule has 6 heteroatoms. The predicted octanol–water partition coefficient (Wildman–Crippen LogP) is 3.15. The minimum atomic E-state index is -0.358. The number of aryl methyl sites for hydroxylation is 1. The first kappa shape index (κ1) is 17.1. The Labute approximate surface area is 143 Å². The van der Waals surface area contributed by atoms with Crippen LogP contribution in [0.4, 0.5) is 8.78 Å². The van der Waals surface area contributed by atoms with Gasteiger partial charge in [-0.25, -0.2) is 8.78 Å². The maximum Gasteiger partial charge on any atom is 0.220 e. The molecule has 1 amide bonds. The maximum absolute atomic E-state index is 13.7. The van der Waals surface area contributed by atoms with Crippen LogP contribution in [-0.2, 0) is 11.2 Å². The van der Waals surface area contributed by atoms with Gasteiger partial charge in [0.05, 0.1) is 6.61 Å². The SMILES string of the molecule is O=C(CCc1c(-c2ccc(F)cc2)[nH]c2ccc(F)cc12)NCCO. The van der Waals surface area contributed by atoms with Crippen LogP contribution in [0.25, 0.3) is 22.2 Å². The lowest BCUT2D eigenvalue weighted by atomic mass is 10.0. The molecule has 0 saturated carbocycles. The monoisotopic (exact) mass is 344 g/mol. The zero-order valence-electron chi connectivity index (χ0n) is 13.5. The number of aromatic amines is 1. The van der Waals surface area contributed by atoms with Crippen molar-refractivity contribution in [2.24, 2.45) is 0 Å². The number of carbonyl (C=O) groups is 1. The van der Waals surface area contributed by atoms with Gasteiger partial charge in [0.15, 0.2) is 0 Å². The minimum absolute atomic E-state index is 0.120. The molecule has 3 aromatic rings. The molecule has 0 fully saturated rings. The highest BCUT2D eigenvalue weighted by Crippen LogP contribution is 2.32. The van der Waals surface area contributed by atoms with Crippen molar-refractivity contribution >= 4 is 16.8 Å². The molecule has 0 spiro atoms. The van der Waals surface area contributed by atoms with Crippen molar-refractivity contribution in [1.82, 2.24) is 10.3 Å². The quantitative estimate of drug-likeness (QED) is 0.643. The van der Waals surface area contributed by atoms with Crippen LogP contribution in [0.3, 0.4) is 0 Å². The minimum Gasteiger partial charge on any atom is -0.395 e. The molecule has 0 aliphatic heterocycles. The number of aromatic nitrogens is 1. The third kappa shape index (κ3) is 3.85. The number of halogens is 2. The molecule has 130 valence electrons. The molecular weight excluding hydrogens is 326 g/mol. The second-order valence-electron chi connectivity index (χ2n) is 5.75. The number of aliphatic hydroxyl groups is 1. The molecule has 0 atom stereocenters. The van der Waals surface area contributed by atoms with Crippen molar-refractivity contribution in [2.45, 2.75) is 12.8 Å². The Morgan fingerprint density at radius 2 is 1.80 bits per heavy atom. The number of benzene rings is 2. The van der Waals surface area contributed by atoms with Gasteiger partial charge in [0.2, 0.25) is 5.91 Å². The van der Waals surface area contributed by atoms with Crippen LogP contribution in [0.1, 0.15) is 12.0 Å². The molecule has 0 radical (unpaired) electrons. The Morgan fingerprint density at radius 3 is 2.52 bits per heavy atom. The summed E-state index contributed by atoms with van der Waals surface area (Å²) in [5.41, 5.74) is 3.08. The summed E-state index contributed by atoms with van der Waals surface area (Å²) in [7, 11) is 0. The number of nitrogens with one attached hydrogen (secondary N) is 2. The Bertz CT molecular complexity index is 888. The Hall–Kier alpha value is -2.73. The Kier molecular flexibility index (Phi) is 5.09. The van der Waals surface area contributed by atoms with E-state index in [1.165, 1.54) is 24.3 Å². The average molecular weight is 344 g/mol. The number of amides is 1. The second-order valence-corrected chi connectivity index (χ2v) is 5.75. The average Bonchev–Trinajstić information content (AvgIpc) is 2.96. The van der Waals surface area contributed by atoms with Crippen LogP contribution in [-0.4, -0.2) is 29.1 Å². The lowest BCUT2D eigenvalue weighted by molar-refractivity contribution is -0.121. The van der Waals surface area contributed by atoms with E-state index < -0.39 is 0 Å². The van der Waals surface area contributed by atoms with E-state index in [1.54, 1.807) is 18.2 Å². The zero-order chi connectivity index (χ0) is 17.8. The first-order chi connectivity index (χ1) is 12.1. The van der Waals surface area contributed by atoms with Crippen molar-refractivity contribution in [3.05, 3.63) is 59.7 Å². The van der Waals surface area contributed by atoms with Crippen molar-refractivity contribution in [3.8, 4) is 11.3 Å². The molecule has 2 aromatic carbocycles. The summed E-state index contributed by atoms with van der Waals surface area (Å²) in [6.07, 6.45) is 0.602. The topological polar surface area (TPSA) is 65.1 Å². The summed E-state index contributed by atoms with van der Waals surface area (Å²) < 4.78 is 26.9. The summed E-state index contributed by atoms with van der Waals surface area (Å²) in [6, 6.07) is 10.5. The van der Waals surface area contributed by atoms with E-state index in [-0.39, 0.29) is 37.1 Å². The van der Waals surface area contributed by atoms with Crippen LogP contribution < -0.4 is 5.32 Å². The van der Waals surface area contributed by atoms with E-state index in [4.69, 9.17) is 5.11 Å². The molecule has 0 aliphatic carbocycles. The van der Waals surface area contributed by atoms with Gasteiger partial charge in [0.25, 0.3) is 0 Å². The van der Waals surface area contributed by atoms with Crippen LogP contribution >= 0.6 is 0 Å². The number of hydrogen-bond donors (Lipinski definition) is 3. The number of rotatable bonds is 6. The third-order valence-corrected chi connectivity index (χ3v) is 4.04. The van der Waals surface area contributed by atoms with E-state index in [9.17, 15) is 13.6 Å². The van der Waals surface area contributed by atoms with Crippen LogP contribution in [0.15, 0.2) is 42.5 Å². The number of hydrogen-bond acceptors (Lipinski definition) is 2. The normalized spacial score (nSPS) is 11.0. The van der Waals surface area contributed by atoms with Crippen LogP contribution in [0, 0.1) is 11.6 Å². The lowest BCUT2D eigenvalue weighted by Gasteiger charge is -2.06. The van der Waals surface area contributed by atoms with Crippen LogP contribution in [0.5, 0.6) is 0 Å². The number of aliphatic hydroxyl groups excluding tert-OH is 1. The fraction of sp³-hybridized carbons (Fsp3) is 0.211. The summed E-state index contributed by atoms with van der Waals surface area (Å²) in [5.74, 6) is -0.885. The lowest BCUT2D eigenvalue weighted by Crippen LogP contribution is -2.26. The van der Waals surface area contributed by atoms with Gasteiger partial charge >= 0.3 is 0 Å². The van der Waals surface area contributed by atoms with Crippen LogP contribution in [0.2, 0.25) is 0 Å². The van der Waals surface area contributed by atoms with Crippen molar-refractivity contribution in [2.75, 3.05) is 13.2 Å². The van der Waals surface area contributed by atoms with E-state index in [0.29, 0.717) is 11.8 Å². The van der Waals surface area contributed by atoms with Gasteiger partial charge in [-0.2, -0.15) is 0 Å². The van der Waals surface area contributed by atoms with E-state index in [1.807, 2.05) is 0 Å². The second kappa shape index (κ2) is 7.44. The van der Waals surface area contributed by atoms with Crippen molar-refractivity contribution < 1.29 is 18.7 Å². The molecule has 1 aromatic heterocycles. The first-order valence-electron chi connectivity index (χ1n) is 8.02. The van der Waals surface area contributed by atoms with Gasteiger partial charge in [-0.1, -0.05) is 0 Å². The molecule has 0 saturated heterocycles. The smallest absolute Gasteiger partial charge is 0.220 e. The summed E-state index contributed by atoms with van der Waals surface area (Å²) in [6.45, 7) is 0.0804. The van der Waals surface area contributed by atoms with Crippen molar-refractivity contribution in [3.63, 3.8) is 0 Å². The molecular formula is C19H18F2N2O2. The largest absolute Gasteiger partial charge is 0.395 e. The fourth-order valence-corrected chi connectivity index (χ4v) is 2.86. The highest BCUT2D eigenvalue weighted by molar-refractivity contribution is 5.91. The highest BCUT2D eigenvalue weighted by atomic mass is 19.1. The maximum atomic E-state index is 13.7. The zero-order valence-corrected chi connectivity index (χ0v) is 13.5. The molecule has 3 N–H and O–H groups in total. The fourth-order valence-electron chi connectivity index (χ4n) is 2.86. The predicted molar refractivity (Wildman–Crippen MR) is 92.1 cm³/mol. The first-order valence-corrected chi connectivity index (χ1v) is 8.02. The standard InChI is InChI=1S/C19H18F2N2O2/c20-13-3-1-12(2-4-13)19-15(6-8-18(25)22-9-10-24)16-11-14(21)5-7-17(16)23-19/h1-5,7,11,23-24H,6,8-10H2,(H,22,25). The number of fused-ring (bicyclic) bond motifs is 1. The van der Waals surface area contributed by atoms with Gasteiger partial charge in [-0.3, -0.25) is 4.79 Å². The summed E-state index contributed by atoms with van der Waals surface area (Å²) in [4.78, 5) is 15.1. The van der Waals surface area contributed by atoms with Gasteiger partial charge in [-0.05, 0) is 60.0 Å². The molecule has 0 aliphatic rings. The molecule has 25 heavy (non-hydrogen) atoms. The molecule has 0 bridgehead atoms. The number of H-pyrrole nitrogens is 1. The van der Waals surface area contributed by atoms with Gasteiger partial charge in [0.1, 0.15) is 11.6 Å². The Balaban J connectivity index is 1.98. The number of carbonyl (C=O) groups excluding carboxylic acids is 1. The van der Waals surface area contributed by atoms with E-state index in [0.717, 1.165) is 22.3 Å². The Morgan fingerprint density at radius 1 is 1.08 bits per heavy atom.